The van der Waals surface area contributed by atoms with Crippen molar-refractivity contribution in [3.8, 4) is 0 Å². The zero-order valence-electron chi connectivity index (χ0n) is 5.97. The van der Waals surface area contributed by atoms with Crippen molar-refractivity contribution in [3.05, 3.63) is 12.7 Å². The van der Waals surface area contributed by atoms with Gasteiger partial charge in [-0.2, -0.15) is 0 Å². The predicted octanol–water partition coefficient (Wildman–Crippen LogP) is 1.35. The van der Waals surface area contributed by atoms with Crippen LogP contribution in [0, 0.1) is 6.58 Å². The van der Waals surface area contributed by atoms with Gasteiger partial charge in [-0.15, -0.1) is 4.79 Å². The van der Waals surface area contributed by atoms with E-state index < -0.39 is 14.3 Å². The maximum absolute atomic E-state index is 10.5. The average molecular weight is 143 g/mol. The molecular weight excluding hydrogens is 132 g/mol. The molecule has 3 heteroatoms. The molecule has 0 spiro atoms. The Kier molecular flexibility index (Phi) is 2.55. The summed E-state index contributed by atoms with van der Waals surface area (Å²) in [7, 11) is -1.70. The largest absolute Gasteiger partial charge is 0.470 e. The number of carbonyl (C=O) groups is 1. The van der Waals surface area contributed by atoms with Crippen LogP contribution in [-0.4, -0.2) is 14.3 Å². The summed E-state index contributed by atoms with van der Waals surface area (Å²) in [4.78, 5) is 10.5. The fourth-order valence-electron chi connectivity index (χ4n) is 0.336. The van der Waals surface area contributed by atoms with Crippen molar-refractivity contribution in [3.63, 3.8) is 0 Å². The Morgan fingerprint density at radius 1 is 1.56 bits per heavy atom. The summed E-state index contributed by atoms with van der Waals surface area (Å²) >= 11 is 0. The second-order valence-corrected chi connectivity index (χ2v) is 7.13. The van der Waals surface area contributed by atoms with Crippen LogP contribution in [0.2, 0.25) is 19.6 Å². The molecule has 0 fully saturated rings. The number of hydrogen-bond acceptors (Lipinski definition) is 2. The highest BCUT2D eigenvalue weighted by Crippen LogP contribution is 2.02. The summed E-state index contributed by atoms with van der Waals surface area (Å²) in [5, 5.41) is 0. The molecule has 0 aromatic carbocycles. The molecule has 0 atom stereocenters. The smallest absolute Gasteiger partial charge is 0.433 e. The molecule has 0 aliphatic heterocycles. The molecule has 0 bridgehead atoms. The van der Waals surface area contributed by atoms with E-state index in [-0.39, 0.29) is 0 Å². The minimum atomic E-state index is -1.70. The molecule has 0 aromatic rings. The van der Waals surface area contributed by atoms with Crippen molar-refractivity contribution in [2.45, 2.75) is 19.6 Å². The lowest BCUT2D eigenvalue weighted by molar-refractivity contribution is -0.129. The summed E-state index contributed by atoms with van der Waals surface area (Å²) < 4.78 is 4.91. The van der Waals surface area contributed by atoms with Crippen molar-refractivity contribution in [1.29, 1.82) is 0 Å². The Morgan fingerprint density at radius 2 is 2.00 bits per heavy atom. The van der Waals surface area contributed by atoms with Crippen LogP contribution in [-0.2, 0) is 9.22 Å². The van der Waals surface area contributed by atoms with Crippen molar-refractivity contribution < 1.29 is 9.22 Å². The van der Waals surface area contributed by atoms with E-state index in [4.69, 9.17) is 11.0 Å². The van der Waals surface area contributed by atoms with Gasteiger partial charge in [0.2, 0.25) is 6.08 Å². The lowest BCUT2D eigenvalue weighted by atomic mass is 10.7. The van der Waals surface area contributed by atoms with Gasteiger partial charge in [0.1, 0.15) is 0 Å². The maximum Gasteiger partial charge on any atom is 0.470 e. The van der Waals surface area contributed by atoms with Crippen LogP contribution in [0.15, 0.2) is 6.08 Å². The number of rotatable bonds is 2. The van der Waals surface area contributed by atoms with Gasteiger partial charge >= 0.3 is 5.97 Å². The lowest BCUT2D eigenvalue weighted by Gasteiger charge is -2.08. The SMILES string of the molecule is [CH+]=CC(=O)O[Si](C)(C)C. The minimum absolute atomic E-state index is 0.422. The summed E-state index contributed by atoms with van der Waals surface area (Å²) in [6, 6.07) is 0. The average Bonchev–Trinajstić information content (AvgIpc) is 1.62. The summed E-state index contributed by atoms with van der Waals surface area (Å²) in [5.41, 5.74) is 0. The third kappa shape index (κ3) is 5.20. The third-order valence-electron chi connectivity index (χ3n) is 0.543. The highest BCUT2D eigenvalue weighted by atomic mass is 28.4. The molecule has 2 nitrogen and oxygen atoms in total. The Bertz CT molecular complexity index is 124. The minimum Gasteiger partial charge on any atom is -0.433 e. The molecule has 9 heavy (non-hydrogen) atoms. The Morgan fingerprint density at radius 3 is 2.11 bits per heavy atom. The van der Waals surface area contributed by atoms with E-state index in [1.807, 2.05) is 19.6 Å². The Labute approximate surface area is 56.7 Å². The molecule has 0 saturated carbocycles. The van der Waals surface area contributed by atoms with E-state index in [1.165, 1.54) is 0 Å². The molecule has 0 aliphatic rings. The standard InChI is InChI=1S/C6H11O2Si/c1-5-6(7)8-9(2,3)4/h1,5H,2-4H3/q+1. The van der Waals surface area contributed by atoms with E-state index in [1.54, 1.807) is 0 Å². The van der Waals surface area contributed by atoms with Gasteiger partial charge in [-0.3, -0.25) is 0 Å². The van der Waals surface area contributed by atoms with Crippen LogP contribution >= 0.6 is 0 Å². The number of carbonyl (C=O) groups excluding carboxylic acids is 1. The monoisotopic (exact) mass is 143 g/mol. The van der Waals surface area contributed by atoms with E-state index in [0.29, 0.717) is 0 Å². The molecule has 0 amide bonds. The normalized spacial score (nSPS) is 10.4. The first-order chi connectivity index (χ1) is 3.95. The summed E-state index contributed by atoms with van der Waals surface area (Å²) in [6.07, 6.45) is 0.943. The lowest BCUT2D eigenvalue weighted by Crippen LogP contribution is -2.28. The van der Waals surface area contributed by atoms with Gasteiger partial charge in [-0.25, -0.2) is 0 Å². The topological polar surface area (TPSA) is 26.3 Å². The van der Waals surface area contributed by atoms with Gasteiger partial charge in [0.15, 0.2) is 0 Å². The molecule has 0 saturated heterocycles. The zero-order valence-corrected chi connectivity index (χ0v) is 6.97. The van der Waals surface area contributed by atoms with Gasteiger partial charge in [0.25, 0.3) is 8.32 Å². The van der Waals surface area contributed by atoms with E-state index in [9.17, 15) is 4.79 Å². The summed E-state index contributed by atoms with van der Waals surface area (Å²) in [5.74, 6) is -0.422. The van der Waals surface area contributed by atoms with E-state index in [2.05, 4.69) is 0 Å². The van der Waals surface area contributed by atoms with Crippen LogP contribution in [0.1, 0.15) is 0 Å². The first-order valence-electron chi connectivity index (χ1n) is 2.73. The van der Waals surface area contributed by atoms with Crippen molar-refractivity contribution >= 4 is 14.3 Å². The Balaban J connectivity index is 3.74. The quantitative estimate of drug-likeness (QED) is 0.331. The number of hydrogen-bond donors (Lipinski definition) is 0. The first-order valence-corrected chi connectivity index (χ1v) is 6.14. The van der Waals surface area contributed by atoms with E-state index >= 15 is 0 Å². The second kappa shape index (κ2) is 2.76. The van der Waals surface area contributed by atoms with Crippen LogP contribution in [0.4, 0.5) is 0 Å². The van der Waals surface area contributed by atoms with Crippen molar-refractivity contribution in [2.24, 2.45) is 0 Å². The van der Waals surface area contributed by atoms with Gasteiger partial charge in [0.05, 0.1) is 6.58 Å². The van der Waals surface area contributed by atoms with Gasteiger partial charge in [0, 0.05) is 0 Å². The third-order valence-corrected chi connectivity index (χ3v) is 1.36. The molecule has 0 rings (SSSR count). The molecule has 0 heterocycles. The predicted molar refractivity (Wildman–Crippen MR) is 38.3 cm³/mol. The fourth-order valence-corrected chi connectivity index (χ4v) is 1.01. The fraction of sp³-hybridized carbons (Fsp3) is 0.500. The van der Waals surface area contributed by atoms with Crippen molar-refractivity contribution in [1.82, 2.24) is 0 Å². The first kappa shape index (κ1) is 8.34. The molecule has 0 aromatic heterocycles. The Hall–Kier alpha value is -0.663. The van der Waals surface area contributed by atoms with E-state index in [0.717, 1.165) is 6.08 Å². The highest BCUT2D eigenvalue weighted by molar-refractivity contribution is 6.71. The van der Waals surface area contributed by atoms with Gasteiger partial charge < -0.3 is 4.43 Å². The molecule has 0 radical (unpaired) electrons. The second-order valence-electron chi connectivity index (χ2n) is 2.70. The van der Waals surface area contributed by atoms with Crippen molar-refractivity contribution in [2.75, 3.05) is 0 Å². The van der Waals surface area contributed by atoms with Gasteiger partial charge in [-0.1, -0.05) is 0 Å². The van der Waals surface area contributed by atoms with Crippen LogP contribution in [0.25, 0.3) is 0 Å². The van der Waals surface area contributed by atoms with Crippen LogP contribution in [0.5, 0.6) is 0 Å². The van der Waals surface area contributed by atoms with Crippen LogP contribution in [0.3, 0.4) is 0 Å². The molecule has 0 aliphatic carbocycles. The zero-order chi connectivity index (χ0) is 7.49. The van der Waals surface area contributed by atoms with Gasteiger partial charge in [-0.05, 0) is 19.6 Å². The molecule has 50 valence electrons. The maximum atomic E-state index is 10.5. The molecule has 0 unspecified atom stereocenters. The molecule has 0 N–H and O–H groups in total. The van der Waals surface area contributed by atoms with Crippen LogP contribution < -0.4 is 0 Å². The highest BCUT2D eigenvalue weighted by Gasteiger charge is 2.23. The molecular formula is C6H11O2Si+. The summed E-state index contributed by atoms with van der Waals surface area (Å²) in [6.45, 7) is 10.7.